The second kappa shape index (κ2) is 6.45. The number of hydrogen-bond donors (Lipinski definition) is 0. The Morgan fingerprint density at radius 1 is 1.35 bits per heavy atom. The van der Waals surface area contributed by atoms with Crippen molar-refractivity contribution in [2.45, 2.75) is 13.0 Å². The zero-order valence-electron chi connectivity index (χ0n) is 11.8. The molecule has 2 rings (SSSR count). The second-order valence-corrected chi connectivity index (χ2v) is 5.42. The lowest BCUT2D eigenvalue weighted by Gasteiger charge is -2.31. The quantitative estimate of drug-likeness (QED) is 0.845. The van der Waals surface area contributed by atoms with Crippen LogP contribution in [-0.2, 0) is 4.74 Å². The summed E-state index contributed by atoms with van der Waals surface area (Å²) in [6, 6.07) is 3.43. The van der Waals surface area contributed by atoms with Gasteiger partial charge in [-0.2, -0.15) is 0 Å². The van der Waals surface area contributed by atoms with Gasteiger partial charge < -0.3 is 19.1 Å². The number of benzene rings is 1. The number of methoxy groups -OCH3 is 2. The van der Waals surface area contributed by atoms with Gasteiger partial charge >= 0.3 is 0 Å². The summed E-state index contributed by atoms with van der Waals surface area (Å²) >= 11 is 3.40. The van der Waals surface area contributed by atoms with Gasteiger partial charge in [0.2, 0.25) is 0 Å². The predicted molar refractivity (Wildman–Crippen MR) is 78.6 cm³/mol. The molecule has 0 aromatic heterocycles. The van der Waals surface area contributed by atoms with Crippen LogP contribution in [-0.4, -0.2) is 50.8 Å². The fourth-order valence-corrected chi connectivity index (χ4v) is 2.73. The van der Waals surface area contributed by atoms with Crippen LogP contribution >= 0.6 is 15.9 Å². The van der Waals surface area contributed by atoms with Gasteiger partial charge in [0.25, 0.3) is 5.91 Å². The predicted octanol–water partition coefficient (Wildman–Crippen LogP) is 2.33. The number of hydrogen-bond acceptors (Lipinski definition) is 4. The van der Waals surface area contributed by atoms with Crippen LogP contribution in [0.2, 0.25) is 0 Å². The average Bonchev–Trinajstić information content (AvgIpc) is 2.46. The smallest absolute Gasteiger partial charge is 0.254 e. The molecule has 1 amide bonds. The third-order valence-corrected chi connectivity index (χ3v) is 4.00. The van der Waals surface area contributed by atoms with Gasteiger partial charge in [0, 0.05) is 18.7 Å². The van der Waals surface area contributed by atoms with E-state index in [4.69, 9.17) is 14.2 Å². The van der Waals surface area contributed by atoms with Crippen molar-refractivity contribution in [3.05, 3.63) is 22.2 Å². The van der Waals surface area contributed by atoms with Gasteiger partial charge in [-0.15, -0.1) is 0 Å². The summed E-state index contributed by atoms with van der Waals surface area (Å²) in [6.45, 7) is 3.73. The molecular formula is C14H18BrNO4. The molecular weight excluding hydrogens is 326 g/mol. The fourth-order valence-electron chi connectivity index (χ4n) is 2.18. The van der Waals surface area contributed by atoms with Gasteiger partial charge in [-0.1, -0.05) is 0 Å². The molecule has 1 heterocycles. The van der Waals surface area contributed by atoms with E-state index in [-0.39, 0.29) is 12.0 Å². The number of amides is 1. The molecule has 0 saturated carbocycles. The second-order valence-electron chi connectivity index (χ2n) is 4.63. The molecule has 1 aromatic carbocycles. The van der Waals surface area contributed by atoms with E-state index in [9.17, 15) is 4.79 Å². The standard InChI is InChI=1S/C14H18BrNO4/c1-9-8-16(4-5-20-9)14(17)10-6-11(18-2)13(15)12(7-10)19-3/h6-7,9H,4-5,8H2,1-3H3/t9-/m1/s1. The molecule has 20 heavy (non-hydrogen) atoms. The third kappa shape index (κ3) is 3.07. The highest BCUT2D eigenvalue weighted by molar-refractivity contribution is 9.10. The molecule has 1 aliphatic rings. The molecule has 0 unspecified atom stereocenters. The lowest BCUT2D eigenvalue weighted by Crippen LogP contribution is -2.44. The molecule has 5 nitrogen and oxygen atoms in total. The van der Waals surface area contributed by atoms with Gasteiger partial charge in [-0.3, -0.25) is 4.79 Å². The minimum atomic E-state index is -0.0377. The van der Waals surface area contributed by atoms with E-state index in [0.29, 0.717) is 41.2 Å². The van der Waals surface area contributed by atoms with Crippen molar-refractivity contribution in [2.75, 3.05) is 33.9 Å². The maximum atomic E-state index is 12.5. The highest BCUT2D eigenvalue weighted by Crippen LogP contribution is 2.36. The summed E-state index contributed by atoms with van der Waals surface area (Å²) < 4.78 is 16.7. The van der Waals surface area contributed by atoms with Crippen molar-refractivity contribution in [1.29, 1.82) is 0 Å². The molecule has 0 bridgehead atoms. The molecule has 1 fully saturated rings. The first-order chi connectivity index (χ1) is 9.56. The number of morpholine rings is 1. The monoisotopic (exact) mass is 343 g/mol. The first-order valence-corrected chi connectivity index (χ1v) is 7.18. The minimum Gasteiger partial charge on any atom is -0.495 e. The maximum absolute atomic E-state index is 12.5. The Hall–Kier alpha value is -1.27. The molecule has 0 aliphatic carbocycles. The Bertz CT molecular complexity index is 481. The Balaban J connectivity index is 2.29. The number of carbonyl (C=O) groups is 1. The molecule has 6 heteroatoms. The highest BCUT2D eigenvalue weighted by Gasteiger charge is 2.24. The third-order valence-electron chi connectivity index (χ3n) is 3.22. The number of ether oxygens (including phenoxy) is 3. The zero-order valence-corrected chi connectivity index (χ0v) is 13.4. The van der Waals surface area contributed by atoms with E-state index in [1.54, 1.807) is 31.3 Å². The van der Waals surface area contributed by atoms with Crippen molar-refractivity contribution in [1.82, 2.24) is 4.90 Å². The summed E-state index contributed by atoms with van der Waals surface area (Å²) in [5.74, 6) is 1.12. The molecule has 110 valence electrons. The normalized spacial score (nSPS) is 18.8. The summed E-state index contributed by atoms with van der Waals surface area (Å²) in [5, 5.41) is 0. The Kier molecular flexibility index (Phi) is 4.88. The van der Waals surface area contributed by atoms with E-state index in [2.05, 4.69) is 15.9 Å². The lowest BCUT2D eigenvalue weighted by molar-refractivity contribution is -0.0124. The number of rotatable bonds is 3. The Morgan fingerprint density at radius 3 is 2.45 bits per heavy atom. The van der Waals surface area contributed by atoms with Gasteiger partial charge in [0.05, 0.1) is 26.9 Å². The van der Waals surface area contributed by atoms with Crippen molar-refractivity contribution >= 4 is 21.8 Å². The van der Waals surface area contributed by atoms with Crippen LogP contribution in [0.4, 0.5) is 0 Å². The molecule has 0 radical (unpaired) electrons. The summed E-state index contributed by atoms with van der Waals surface area (Å²) in [7, 11) is 3.12. The van der Waals surface area contributed by atoms with Crippen LogP contribution < -0.4 is 9.47 Å². The minimum absolute atomic E-state index is 0.0377. The lowest BCUT2D eigenvalue weighted by atomic mass is 10.1. The van der Waals surface area contributed by atoms with Crippen molar-refractivity contribution in [2.24, 2.45) is 0 Å². The fraction of sp³-hybridized carbons (Fsp3) is 0.500. The zero-order chi connectivity index (χ0) is 14.7. The first kappa shape index (κ1) is 15.1. The molecule has 1 aromatic rings. The van der Waals surface area contributed by atoms with E-state index in [0.717, 1.165) is 0 Å². The van der Waals surface area contributed by atoms with E-state index < -0.39 is 0 Å². The maximum Gasteiger partial charge on any atom is 0.254 e. The largest absolute Gasteiger partial charge is 0.495 e. The van der Waals surface area contributed by atoms with E-state index in [1.807, 2.05) is 6.92 Å². The highest BCUT2D eigenvalue weighted by atomic mass is 79.9. The van der Waals surface area contributed by atoms with Crippen molar-refractivity contribution in [3.8, 4) is 11.5 Å². The van der Waals surface area contributed by atoms with Crippen LogP contribution in [0, 0.1) is 0 Å². The Morgan fingerprint density at radius 2 is 1.95 bits per heavy atom. The first-order valence-electron chi connectivity index (χ1n) is 6.39. The van der Waals surface area contributed by atoms with Crippen LogP contribution in [0.3, 0.4) is 0 Å². The molecule has 0 N–H and O–H groups in total. The van der Waals surface area contributed by atoms with Crippen LogP contribution in [0.15, 0.2) is 16.6 Å². The summed E-state index contributed by atoms with van der Waals surface area (Å²) in [4.78, 5) is 14.3. The van der Waals surface area contributed by atoms with Crippen molar-refractivity contribution < 1.29 is 19.0 Å². The molecule has 0 spiro atoms. The van der Waals surface area contributed by atoms with E-state index >= 15 is 0 Å². The SMILES string of the molecule is COc1cc(C(=O)N2CCO[C@H](C)C2)cc(OC)c1Br. The number of nitrogens with zero attached hydrogens (tertiary/aromatic N) is 1. The van der Waals surface area contributed by atoms with Crippen molar-refractivity contribution in [3.63, 3.8) is 0 Å². The molecule has 1 aliphatic heterocycles. The Labute approximate surface area is 126 Å². The number of halogens is 1. The topological polar surface area (TPSA) is 48.0 Å². The van der Waals surface area contributed by atoms with Gasteiger partial charge in [-0.25, -0.2) is 0 Å². The molecule has 1 atom stereocenters. The van der Waals surface area contributed by atoms with Crippen LogP contribution in [0.25, 0.3) is 0 Å². The van der Waals surface area contributed by atoms with Crippen LogP contribution in [0.1, 0.15) is 17.3 Å². The van der Waals surface area contributed by atoms with Crippen LogP contribution in [0.5, 0.6) is 11.5 Å². The summed E-state index contributed by atoms with van der Waals surface area (Å²) in [5.41, 5.74) is 0.552. The summed E-state index contributed by atoms with van der Waals surface area (Å²) in [6.07, 6.45) is 0.0620. The molecule has 1 saturated heterocycles. The number of carbonyl (C=O) groups excluding carboxylic acids is 1. The average molecular weight is 344 g/mol. The van der Waals surface area contributed by atoms with Gasteiger partial charge in [-0.05, 0) is 35.0 Å². The van der Waals surface area contributed by atoms with E-state index in [1.165, 1.54) is 0 Å². The van der Waals surface area contributed by atoms with Gasteiger partial charge in [0.1, 0.15) is 16.0 Å². The van der Waals surface area contributed by atoms with Gasteiger partial charge in [0.15, 0.2) is 0 Å².